The van der Waals surface area contributed by atoms with Crippen LogP contribution < -0.4 is 0 Å². The SMILES string of the molecule is CCCCCCC(C)CCCCCCCO. The summed E-state index contributed by atoms with van der Waals surface area (Å²) in [5, 5.41) is 8.65. The molecule has 1 heteroatoms. The first-order valence-corrected chi connectivity index (χ1v) is 7.42. The predicted molar refractivity (Wildman–Crippen MR) is 72.7 cm³/mol. The van der Waals surface area contributed by atoms with Crippen molar-refractivity contribution in [3.63, 3.8) is 0 Å². The number of aliphatic hydroxyl groups excluding tert-OH is 1. The van der Waals surface area contributed by atoms with Crippen molar-refractivity contribution in [3.8, 4) is 0 Å². The Kier molecular flexibility index (Phi) is 13.0. The second-order valence-corrected chi connectivity index (χ2v) is 5.23. The molecule has 1 atom stereocenters. The molecule has 0 aromatic heterocycles. The highest BCUT2D eigenvalue weighted by Gasteiger charge is 2.01. The van der Waals surface area contributed by atoms with Gasteiger partial charge in [-0.25, -0.2) is 0 Å². The van der Waals surface area contributed by atoms with E-state index in [0.29, 0.717) is 6.61 Å². The fourth-order valence-corrected chi connectivity index (χ4v) is 2.20. The van der Waals surface area contributed by atoms with E-state index >= 15 is 0 Å². The molecule has 0 fully saturated rings. The summed E-state index contributed by atoms with van der Waals surface area (Å²) in [5.41, 5.74) is 0. The molecular formula is C15H32O. The van der Waals surface area contributed by atoms with E-state index in [-0.39, 0.29) is 0 Å². The molecule has 0 spiro atoms. The van der Waals surface area contributed by atoms with E-state index in [1.54, 1.807) is 0 Å². The summed E-state index contributed by atoms with van der Waals surface area (Å²) >= 11 is 0. The van der Waals surface area contributed by atoms with Crippen molar-refractivity contribution in [1.29, 1.82) is 0 Å². The Morgan fingerprint density at radius 1 is 0.750 bits per heavy atom. The molecule has 98 valence electrons. The number of rotatable bonds is 12. The van der Waals surface area contributed by atoms with Crippen LogP contribution in [-0.4, -0.2) is 11.7 Å². The topological polar surface area (TPSA) is 20.2 Å². The van der Waals surface area contributed by atoms with Crippen molar-refractivity contribution in [3.05, 3.63) is 0 Å². The first-order valence-electron chi connectivity index (χ1n) is 7.42. The summed E-state index contributed by atoms with van der Waals surface area (Å²) in [6, 6.07) is 0. The van der Waals surface area contributed by atoms with E-state index in [0.717, 1.165) is 12.3 Å². The first-order chi connectivity index (χ1) is 7.81. The van der Waals surface area contributed by atoms with E-state index in [2.05, 4.69) is 13.8 Å². The van der Waals surface area contributed by atoms with Gasteiger partial charge in [0, 0.05) is 6.61 Å². The summed E-state index contributed by atoms with van der Waals surface area (Å²) in [7, 11) is 0. The molecule has 0 aliphatic carbocycles. The molecule has 1 nitrogen and oxygen atoms in total. The quantitative estimate of drug-likeness (QED) is 0.470. The molecule has 0 rings (SSSR count). The largest absolute Gasteiger partial charge is 0.396 e. The van der Waals surface area contributed by atoms with Gasteiger partial charge >= 0.3 is 0 Å². The molecule has 0 bridgehead atoms. The zero-order chi connectivity index (χ0) is 12.1. The molecule has 0 heterocycles. The molecule has 16 heavy (non-hydrogen) atoms. The highest BCUT2D eigenvalue weighted by atomic mass is 16.2. The maximum Gasteiger partial charge on any atom is 0.0431 e. The average Bonchev–Trinajstić information content (AvgIpc) is 2.29. The number of hydrogen-bond acceptors (Lipinski definition) is 1. The molecule has 0 saturated carbocycles. The third kappa shape index (κ3) is 12.0. The number of unbranched alkanes of at least 4 members (excludes halogenated alkanes) is 7. The normalized spacial score (nSPS) is 12.9. The molecule has 0 aliphatic rings. The van der Waals surface area contributed by atoms with Gasteiger partial charge in [-0.15, -0.1) is 0 Å². The van der Waals surface area contributed by atoms with Crippen molar-refractivity contribution in [2.75, 3.05) is 6.61 Å². The third-order valence-corrected chi connectivity index (χ3v) is 3.41. The van der Waals surface area contributed by atoms with Gasteiger partial charge in [0.1, 0.15) is 0 Å². The predicted octanol–water partition coefficient (Wildman–Crippen LogP) is 4.93. The fraction of sp³-hybridized carbons (Fsp3) is 1.00. The molecular weight excluding hydrogens is 196 g/mol. The summed E-state index contributed by atoms with van der Waals surface area (Å²) in [6.07, 6.45) is 14.7. The Morgan fingerprint density at radius 3 is 1.81 bits per heavy atom. The third-order valence-electron chi connectivity index (χ3n) is 3.41. The van der Waals surface area contributed by atoms with Gasteiger partial charge < -0.3 is 5.11 Å². The van der Waals surface area contributed by atoms with Crippen molar-refractivity contribution in [1.82, 2.24) is 0 Å². The van der Waals surface area contributed by atoms with E-state index in [4.69, 9.17) is 5.11 Å². The van der Waals surface area contributed by atoms with Gasteiger partial charge in [-0.1, -0.05) is 78.1 Å². The summed E-state index contributed by atoms with van der Waals surface area (Å²) in [5.74, 6) is 0.926. The molecule has 0 aromatic carbocycles. The zero-order valence-corrected chi connectivity index (χ0v) is 11.5. The summed E-state index contributed by atoms with van der Waals surface area (Å²) in [4.78, 5) is 0. The van der Waals surface area contributed by atoms with Crippen LogP contribution in [0.3, 0.4) is 0 Å². The Labute approximate surface area is 103 Å². The molecule has 0 amide bonds. The zero-order valence-electron chi connectivity index (χ0n) is 11.5. The van der Waals surface area contributed by atoms with Crippen LogP contribution in [-0.2, 0) is 0 Å². The van der Waals surface area contributed by atoms with E-state index in [1.165, 1.54) is 64.2 Å². The van der Waals surface area contributed by atoms with Crippen molar-refractivity contribution >= 4 is 0 Å². The van der Waals surface area contributed by atoms with Crippen LogP contribution in [0.5, 0.6) is 0 Å². The minimum Gasteiger partial charge on any atom is -0.396 e. The lowest BCUT2D eigenvalue weighted by Gasteiger charge is -2.10. The molecule has 0 saturated heterocycles. The molecule has 0 radical (unpaired) electrons. The Hall–Kier alpha value is -0.0400. The van der Waals surface area contributed by atoms with Gasteiger partial charge in [0.15, 0.2) is 0 Å². The Balaban J connectivity index is 3.08. The summed E-state index contributed by atoms with van der Waals surface area (Å²) in [6.45, 7) is 5.04. The van der Waals surface area contributed by atoms with Crippen LogP contribution in [0.4, 0.5) is 0 Å². The van der Waals surface area contributed by atoms with Crippen molar-refractivity contribution in [2.24, 2.45) is 5.92 Å². The number of aliphatic hydroxyl groups is 1. The Bertz CT molecular complexity index is 123. The molecule has 1 unspecified atom stereocenters. The lowest BCUT2D eigenvalue weighted by atomic mass is 9.96. The molecule has 0 aliphatic heterocycles. The summed E-state index contributed by atoms with van der Waals surface area (Å²) < 4.78 is 0. The monoisotopic (exact) mass is 228 g/mol. The van der Waals surface area contributed by atoms with E-state index in [1.807, 2.05) is 0 Å². The highest BCUT2D eigenvalue weighted by molar-refractivity contribution is 4.55. The maximum atomic E-state index is 8.65. The van der Waals surface area contributed by atoms with Gasteiger partial charge in [-0.05, 0) is 12.3 Å². The van der Waals surface area contributed by atoms with E-state index < -0.39 is 0 Å². The Morgan fingerprint density at radius 2 is 1.25 bits per heavy atom. The molecule has 1 N–H and O–H groups in total. The number of hydrogen-bond donors (Lipinski definition) is 1. The van der Waals surface area contributed by atoms with E-state index in [9.17, 15) is 0 Å². The minimum atomic E-state index is 0.369. The van der Waals surface area contributed by atoms with Gasteiger partial charge in [0.05, 0.1) is 0 Å². The average molecular weight is 228 g/mol. The van der Waals surface area contributed by atoms with Crippen LogP contribution in [0.2, 0.25) is 0 Å². The van der Waals surface area contributed by atoms with Crippen LogP contribution in [0.15, 0.2) is 0 Å². The smallest absolute Gasteiger partial charge is 0.0431 e. The van der Waals surface area contributed by atoms with Gasteiger partial charge in [0.25, 0.3) is 0 Å². The van der Waals surface area contributed by atoms with Gasteiger partial charge in [-0.2, -0.15) is 0 Å². The van der Waals surface area contributed by atoms with Crippen LogP contribution >= 0.6 is 0 Å². The van der Waals surface area contributed by atoms with Gasteiger partial charge in [0.2, 0.25) is 0 Å². The second-order valence-electron chi connectivity index (χ2n) is 5.23. The van der Waals surface area contributed by atoms with Crippen LogP contribution in [0.1, 0.15) is 84.5 Å². The molecule has 0 aromatic rings. The lowest BCUT2D eigenvalue weighted by Crippen LogP contribution is -1.95. The van der Waals surface area contributed by atoms with Crippen LogP contribution in [0.25, 0.3) is 0 Å². The van der Waals surface area contributed by atoms with Crippen LogP contribution in [0, 0.1) is 5.92 Å². The fourth-order valence-electron chi connectivity index (χ4n) is 2.20. The minimum absolute atomic E-state index is 0.369. The second kappa shape index (κ2) is 13.0. The standard InChI is InChI=1S/C15H32O/c1-3-4-5-9-12-15(2)13-10-7-6-8-11-14-16/h15-16H,3-14H2,1-2H3. The van der Waals surface area contributed by atoms with Crippen molar-refractivity contribution < 1.29 is 5.11 Å². The van der Waals surface area contributed by atoms with Crippen molar-refractivity contribution in [2.45, 2.75) is 84.5 Å². The first kappa shape index (κ1) is 16.0. The maximum absolute atomic E-state index is 8.65. The van der Waals surface area contributed by atoms with Gasteiger partial charge in [-0.3, -0.25) is 0 Å². The highest BCUT2D eigenvalue weighted by Crippen LogP contribution is 2.17. The lowest BCUT2D eigenvalue weighted by molar-refractivity contribution is 0.282.